The summed E-state index contributed by atoms with van der Waals surface area (Å²) < 4.78 is 3.89. The van der Waals surface area contributed by atoms with Crippen molar-refractivity contribution in [2.75, 3.05) is 19.7 Å². The fourth-order valence-corrected chi connectivity index (χ4v) is 2.20. The van der Waals surface area contributed by atoms with E-state index in [-0.39, 0.29) is 0 Å². The van der Waals surface area contributed by atoms with Crippen LogP contribution in [0.3, 0.4) is 0 Å². The maximum atomic E-state index is 8.84. The Morgan fingerprint density at radius 1 is 1.62 bits per heavy atom. The summed E-state index contributed by atoms with van der Waals surface area (Å²) >= 11 is 1.47. The van der Waals surface area contributed by atoms with Gasteiger partial charge in [0.05, 0.1) is 10.6 Å². The van der Waals surface area contributed by atoms with Gasteiger partial charge in [-0.3, -0.25) is 4.90 Å². The van der Waals surface area contributed by atoms with Gasteiger partial charge in [0.25, 0.3) is 0 Å². The van der Waals surface area contributed by atoms with Gasteiger partial charge in [0.2, 0.25) is 0 Å². The predicted molar refractivity (Wildman–Crippen MR) is 50.5 cm³/mol. The highest BCUT2D eigenvalue weighted by molar-refractivity contribution is 7.05. The summed E-state index contributed by atoms with van der Waals surface area (Å²) in [4.78, 5) is 3.56. The van der Waals surface area contributed by atoms with Crippen molar-refractivity contribution in [2.45, 2.75) is 13.5 Å². The van der Waals surface area contributed by atoms with Crippen molar-refractivity contribution in [3.63, 3.8) is 0 Å². The first-order valence-electron chi connectivity index (χ1n) is 4.40. The average Bonchev–Trinajstić information content (AvgIpc) is 2.43. The second-order valence-electron chi connectivity index (χ2n) is 3.52. The van der Waals surface area contributed by atoms with E-state index < -0.39 is 0 Å². The Balaban J connectivity index is 1.84. The molecule has 1 fully saturated rings. The Labute approximate surface area is 81.4 Å². The van der Waals surface area contributed by atoms with Crippen LogP contribution < -0.4 is 0 Å². The summed E-state index contributed by atoms with van der Waals surface area (Å²) in [5.41, 5.74) is 1.04. The van der Waals surface area contributed by atoms with Crippen molar-refractivity contribution in [1.29, 1.82) is 0 Å². The Bertz CT molecular complexity index is 283. The number of rotatable bonds is 3. The van der Waals surface area contributed by atoms with E-state index >= 15 is 0 Å². The predicted octanol–water partition coefficient (Wildman–Crippen LogP) is 0.271. The van der Waals surface area contributed by atoms with Crippen LogP contribution >= 0.6 is 11.5 Å². The molecule has 0 aliphatic carbocycles. The van der Waals surface area contributed by atoms with Crippen LogP contribution in [0.4, 0.5) is 0 Å². The largest absolute Gasteiger partial charge is 0.396 e. The van der Waals surface area contributed by atoms with Gasteiger partial charge in [0.1, 0.15) is 0 Å². The number of aryl methyl sites for hydroxylation is 1. The average molecular weight is 199 g/mol. The molecule has 1 aliphatic heterocycles. The Kier molecular flexibility index (Phi) is 2.57. The minimum Gasteiger partial charge on any atom is -0.396 e. The third kappa shape index (κ3) is 1.87. The molecule has 1 saturated heterocycles. The topological polar surface area (TPSA) is 49.2 Å². The van der Waals surface area contributed by atoms with Crippen LogP contribution in [0.25, 0.3) is 0 Å². The molecule has 1 aromatic heterocycles. The molecule has 1 aliphatic rings. The molecule has 72 valence electrons. The van der Waals surface area contributed by atoms with Crippen molar-refractivity contribution in [3.05, 3.63) is 10.6 Å². The number of hydrogen-bond acceptors (Lipinski definition) is 5. The number of aromatic nitrogens is 2. The van der Waals surface area contributed by atoms with E-state index in [9.17, 15) is 0 Å². The maximum absolute atomic E-state index is 8.84. The molecule has 1 N–H and O–H groups in total. The molecule has 2 heterocycles. The monoisotopic (exact) mass is 199 g/mol. The zero-order valence-electron chi connectivity index (χ0n) is 7.60. The van der Waals surface area contributed by atoms with Crippen molar-refractivity contribution in [1.82, 2.24) is 14.5 Å². The van der Waals surface area contributed by atoms with Gasteiger partial charge < -0.3 is 5.11 Å². The molecule has 13 heavy (non-hydrogen) atoms. The third-order valence-corrected chi connectivity index (χ3v) is 3.21. The summed E-state index contributed by atoms with van der Waals surface area (Å²) in [6, 6.07) is 0. The van der Waals surface area contributed by atoms with Crippen LogP contribution in [0.5, 0.6) is 0 Å². The highest BCUT2D eigenvalue weighted by Gasteiger charge is 2.26. The first-order chi connectivity index (χ1) is 6.29. The van der Waals surface area contributed by atoms with Crippen molar-refractivity contribution in [2.24, 2.45) is 5.92 Å². The van der Waals surface area contributed by atoms with Crippen LogP contribution in [0.15, 0.2) is 0 Å². The fraction of sp³-hybridized carbons (Fsp3) is 0.750. The molecule has 1 aromatic rings. The van der Waals surface area contributed by atoms with Crippen molar-refractivity contribution in [3.8, 4) is 0 Å². The number of nitrogens with zero attached hydrogens (tertiary/aromatic N) is 3. The second-order valence-corrected chi connectivity index (χ2v) is 4.36. The summed E-state index contributed by atoms with van der Waals surface area (Å²) in [7, 11) is 0. The molecule has 0 bridgehead atoms. The first kappa shape index (κ1) is 9.05. The van der Waals surface area contributed by atoms with Crippen LogP contribution in [-0.2, 0) is 6.54 Å². The van der Waals surface area contributed by atoms with Crippen LogP contribution in [0.1, 0.15) is 10.6 Å². The molecular formula is C8H13N3OS. The summed E-state index contributed by atoms with van der Waals surface area (Å²) in [5, 5.41) is 12.8. The maximum Gasteiger partial charge on any atom is 0.0769 e. The molecule has 0 aromatic carbocycles. The van der Waals surface area contributed by atoms with Gasteiger partial charge in [-0.2, -0.15) is 0 Å². The van der Waals surface area contributed by atoms with E-state index in [2.05, 4.69) is 14.5 Å². The lowest BCUT2D eigenvalue weighted by atomic mass is 10.0. The van der Waals surface area contributed by atoms with E-state index in [1.807, 2.05) is 6.92 Å². The van der Waals surface area contributed by atoms with Crippen LogP contribution in [0, 0.1) is 12.8 Å². The molecule has 5 heteroatoms. The van der Waals surface area contributed by atoms with Crippen molar-refractivity contribution < 1.29 is 5.11 Å². The first-order valence-corrected chi connectivity index (χ1v) is 5.18. The lowest BCUT2D eigenvalue weighted by Gasteiger charge is -2.37. The number of aliphatic hydroxyl groups is 1. The highest BCUT2D eigenvalue weighted by atomic mass is 32.1. The van der Waals surface area contributed by atoms with E-state index in [1.54, 1.807) is 0 Å². The summed E-state index contributed by atoms with van der Waals surface area (Å²) in [5.74, 6) is 0.487. The van der Waals surface area contributed by atoms with Gasteiger partial charge in [-0.05, 0) is 18.5 Å². The minimum atomic E-state index is 0.316. The second kappa shape index (κ2) is 3.69. The van der Waals surface area contributed by atoms with E-state index in [0.717, 1.165) is 25.3 Å². The van der Waals surface area contributed by atoms with Gasteiger partial charge >= 0.3 is 0 Å². The smallest absolute Gasteiger partial charge is 0.0769 e. The van der Waals surface area contributed by atoms with Gasteiger partial charge in [-0.15, -0.1) is 5.10 Å². The normalized spacial score (nSPS) is 18.9. The quantitative estimate of drug-likeness (QED) is 0.759. The summed E-state index contributed by atoms with van der Waals surface area (Å²) in [6.45, 7) is 5.26. The highest BCUT2D eigenvalue weighted by Crippen LogP contribution is 2.20. The molecule has 0 atom stereocenters. The lowest BCUT2D eigenvalue weighted by molar-refractivity contribution is 0.0485. The van der Waals surface area contributed by atoms with Crippen LogP contribution in [0.2, 0.25) is 0 Å². The minimum absolute atomic E-state index is 0.316. The molecule has 4 nitrogen and oxygen atoms in total. The van der Waals surface area contributed by atoms with Gasteiger partial charge in [-0.1, -0.05) is 4.49 Å². The van der Waals surface area contributed by atoms with E-state index in [4.69, 9.17) is 5.11 Å². The molecule has 0 amide bonds. The van der Waals surface area contributed by atoms with Gasteiger partial charge in [-0.25, -0.2) is 0 Å². The summed E-state index contributed by atoms with van der Waals surface area (Å²) in [6.07, 6.45) is 0. The van der Waals surface area contributed by atoms with Crippen LogP contribution in [-0.4, -0.2) is 39.3 Å². The fourth-order valence-electron chi connectivity index (χ4n) is 1.52. The molecule has 2 rings (SSSR count). The number of hydrogen-bond donors (Lipinski definition) is 1. The lowest BCUT2D eigenvalue weighted by Crippen LogP contribution is -2.47. The van der Waals surface area contributed by atoms with E-state index in [1.165, 1.54) is 16.4 Å². The Hall–Kier alpha value is -0.520. The van der Waals surface area contributed by atoms with E-state index in [0.29, 0.717) is 12.5 Å². The standard InChI is InChI=1S/C8H13N3OS/c1-6-8(13-10-9-6)4-11-2-7(3-11)5-12/h7,12H,2-5H2,1H3. The Morgan fingerprint density at radius 3 is 2.92 bits per heavy atom. The third-order valence-electron chi connectivity index (χ3n) is 2.40. The molecular weight excluding hydrogens is 186 g/mol. The Morgan fingerprint density at radius 2 is 2.38 bits per heavy atom. The molecule has 0 radical (unpaired) electrons. The molecule has 0 spiro atoms. The van der Waals surface area contributed by atoms with Crippen molar-refractivity contribution >= 4 is 11.5 Å². The zero-order valence-corrected chi connectivity index (χ0v) is 8.42. The number of likely N-dealkylation sites (tertiary alicyclic amines) is 1. The SMILES string of the molecule is Cc1nnsc1CN1CC(CO)C1. The molecule has 0 saturated carbocycles. The number of aliphatic hydroxyl groups excluding tert-OH is 1. The molecule has 0 unspecified atom stereocenters. The van der Waals surface area contributed by atoms with Gasteiger partial charge in [0, 0.05) is 32.2 Å². The van der Waals surface area contributed by atoms with Gasteiger partial charge in [0.15, 0.2) is 0 Å². The zero-order chi connectivity index (χ0) is 9.26.